The molecule has 1 aromatic rings. The number of carbonyl (C=O) groups excluding carboxylic acids is 1. The highest BCUT2D eigenvalue weighted by Gasteiger charge is 2.32. The van der Waals surface area contributed by atoms with Crippen LogP contribution in [0.1, 0.15) is 35.7 Å². The number of carboxylic acids is 1. The van der Waals surface area contributed by atoms with Gasteiger partial charge in [0.15, 0.2) is 0 Å². The Hall–Kier alpha value is -1.98. The highest BCUT2D eigenvalue weighted by atomic mass is 19.3. The highest BCUT2D eigenvalue weighted by molar-refractivity contribution is 5.94. The van der Waals surface area contributed by atoms with Gasteiger partial charge in [0.2, 0.25) is 0 Å². The summed E-state index contributed by atoms with van der Waals surface area (Å²) < 4.78 is 25.4. The van der Waals surface area contributed by atoms with Crippen LogP contribution in [0.5, 0.6) is 0 Å². The molecule has 4 nitrogen and oxygen atoms in total. The average Bonchev–Trinajstić information content (AvgIpc) is 2.45. The van der Waals surface area contributed by atoms with Crippen LogP contribution < -0.4 is 0 Å². The first-order chi connectivity index (χ1) is 9.88. The predicted octanol–water partition coefficient (Wildman–Crippen LogP) is 2.81. The van der Waals surface area contributed by atoms with Crippen LogP contribution in [-0.4, -0.2) is 35.0 Å². The number of amides is 1. The van der Waals surface area contributed by atoms with Crippen molar-refractivity contribution in [2.24, 2.45) is 11.8 Å². The molecule has 6 heteroatoms. The van der Waals surface area contributed by atoms with Crippen LogP contribution in [0.3, 0.4) is 0 Å². The lowest BCUT2D eigenvalue weighted by Gasteiger charge is -2.34. The van der Waals surface area contributed by atoms with Crippen LogP contribution in [0.25, 0.3) is 0 Å². The third-order valence-corrected chi connectivity index (χ3v) is 3.68. The summed E-state index contributed by atoms with van der Waals surface area (Å²) in [6.07, 6.45) is -2.11. The number of hydrogen-bond donors (Lipinski definition) is 1. The third kappa shape index (κ3) is 3.56. The van der Waals surface area contributed by atoms with E-state index in [0.29, 0.717) is 13.0 Å². The van der Waals surface area contributed by atoms with E-state index in [1.807, 2.05) is 6.92 Å². The van der Waals surface area contributed by atoms with Crippen molar-refractivity contribution in [3.8, 4) is 0 Å². The smallest absolute Gasteiger partial charge is 0.308 e. The van der Waals surface area contributed by atoms with Crippen LogP contribution in [0.4, 0.5) is 8.78 Å². The van der Waals surface area contributed by atoms with E-state index in [2.05, 4.69) is 0 Å². The number of alkyl halides is 2. The minimum absolute atomic E-state index is 0.0714. The number of carbonyl (C=O) groups is 2. The van der Waals surface area contributed by atoms with Gasteiger partial charge in [-0.15, -0.1) is 0 Å². The zero-order valence-electron chi connectivity index (χ0n) is 11.6. The van der Waals surface area contributed by atoms with Gasteiger partial charge in [-0.3, -0.25) is 9.59 Å². The van der Waals surface area contributed by atoms with Crippen molar-refractivity contribution < 1.29 is 23.5 Å². The van der Waals surface area contributed by atoms with E-state index in [1.165, 1.54) is 29.2 Å². The summed E-state index contributed by atoms with van der Waals surface area (Å²) in [7, 11) is 0. The van der Waals surface area contributed by atoms with E-state index < -0.39 is 24.2 Å². The number of hydrogen-bond acceptors (Lipinski definition) is 2. The maximum Gasteiger partial charge on any atom is 0.308 e. The van der Waals surface area contributed by atoms with Crippen LogP contribution in [0, 0.1) is 11.8 Å². The second kappa shape index (κ2) is 6.20. The molecule has 1 aromatic carbocycles. The molecule has 1 fully saturated rings. The molecule has 21 heavy (non-hydrogen) atoms. The molecule has 0 spiro atoms. The van der Waals surface area contributed by atoms with E-state index in [-0.39, 0.29) is 23.6 Å². The lowest BCUT2D eigenvalue weighted by atomic mass is 9.90. The third-order valence-electron chi connectivity index (χ3n) is 3.68. The molecule has 1 aliphatic heterocycles. The number of rotatable bonds is 3. The second-order valence-corrected chi connectivity index (χ2v) is 5.51. The molecule has 0 bridgehead atoms. The molecule has 1 saturated heterocycles. The fourth-order valence-corrected chi connectivity index (χ4v) is 2.69. The van der Waals surface area contributed by atoms with Gasteiger partial charge in [0, 0.05) is 24.2 Å². The molecular weight excluding hydrogens is 280 g/mol. The average molecular weight is 297 g/mol. The number of piperidine rings is 1. The molecule has 2 atom stereocenters. The molecule has 0 aromatic heterocycles. The van der Waals surface area contributed by atoms with E-state index >= 15 is 0 Å². The summed E-state index contributed by atoms with van der Waals surface area (Å²) in [6, 6.07) is 5.32. The van der Waals surface area contributed by atoms with Crippen LogP contribution in [0.2, 0.25) is 0 Å². The second-order valence-electron chi connectivity index (χ2n) is 5.51. The Kier molecular flexibility index (Phi) is 4.55. The van der Waals surface area contributed by atoms with Gasteiger partial charge in [0.25, 0.3) is 12.3 Å². The SMILES string of the molecule is CC1CC(C(=O)O)CN(C(=O)c2cccc(C(F)F)c2)C1. The quantitative estimate of drug-likeness (QED) is 0.933. The fraction of sp³-hybridized carbons (Fsp3) is 0.467. The summed E-state index contributed by atoms with van der Waals surface area (Å²) in [5, 5.41) is 9.11. The minimum atomic E-state index is -2.63. The molecule has 114 valence electrons. The van der Waals surface area contributed by atoms with Gasteiger partial charge in [0.05, 0.1) is 5.92 Å². The Bertz CT molecular complexity index is 547. The van der Waals surface area contributed by atoms with E-state index in [4.69, 9.17) is 5.11 Å². The van der Waals surface area contributed by atoms with Crippen molar-refractivity contribution >= 4 is 11.9 Å². The molecule has 2 rings (SSSR count). The Morgan fingerprint density at radius 1 is 1.33 bits per heavy atom. The normalized spacial score (nSPS) is 22.4. The van der Waals surface area contributed by atoms with Crippen LogP contribution in [-0.2, 0) is 4.79 Å². The number of halogens is 2. The highest BCUT2D eigenvalue weighted by Crippen LogP contribution is 2.25. The zero-order chi connectivity index (χ0) is 15.6. The monoisotopic (exact) mass is 297 g/mol. The van der Waals surface area contributed by atoms with Crippen molar-refractivity contribution in [1.29, 1.82) is 0 Å². The molecule has 1 N–H and O–H groups in total. The maximum atomic E-state index is 12.7. The summed E-state index contributed by atoms with van der Waals surface area (Å²) in [5.41, 5.74) is -0.0354. The van der Waals surface area contributed by atoms with Crippen molar-refractivity contribution in [3.05, 3.63) is 35.4 Å². The van der Waals surface area contributed by atoms with Gasteiger partial charge in [-0.1, -0.05) is 19.1 Å². The van der Waals surface area contributed by atoms with Crippen molar-refractivity contribution in [2.75, 3.05) is 13.1 Å². The van der Waals surface area contributed by atoms with Crippen LogP contribution >= 0.6 is 0 Å². The maximum absolute atomic E-state index is 12.7. The lowest BCUT2D eigenvalue weighted by molar-refractivity contribution is -0.143. The number of benzene rings is 1. The lowest BCUT2D eigenvalue weighted by Crippen LogP contribution is -2.45. The van der Waals surface area contributed by atoms with Crippen molar-refractivity contribution in [3.63, 3.8) is 0 Å². The molecular formula is C15H17F2NO3. The molecule has 0 saturated carbocycles. The van der Waals surface area contributed by atoms with Gasteiger partial charge in [-0.2, -0.15) is 0 Å². The summed E-state index contributed by atoms with van der Waals surface area (Å²) in [4.78, 5) is 24.9. The van der Waals surface area contributed by atoms with Gasteiger partial charge in [-0.05, 0) is 24.5 Å². The van der Waals surface area contributed by atoms with E-state index in [0.717, 1.165) is 0 Å². The van der Waals surface area contributed by atoms with E-state index in [1.54, 1.807) is 0 Å². The van der Waals surface area contributed by atoms with E-state index in [9.17, 15) is 18.4 Å². The minimum Gasteiger partial charge on any atom is -0.481 e. The molecule has 1 aliphatic rings. The Labute approximate surface area is 121 Å². The summed E-state index contributed by atoms with van der Waals surface area (Å²) >= 11 is 0. The molecule has 2 unspecified atom stereocenters. The Morgan fingerprint density at radius 2 is 2.05 bits per heavy atom. The molecule has 0 aliphatic carbocycles. The Balaban J connectivity index is 2.19. The van der Waals surface area contributed by atoms with Gasteiger partial charge >= 0.3 is 5.97 Å². The van der Waals surface area contributed by atoms with Crippen molar-refractivity contribution in [2.45, 2.75) is 19.8 Å². The number of carboxylic acid groups (broad SMARTS) is 1. The van der Waals surface area contributed by atoms with Gasteiger partial charge in [0.1, 0.15) is 0 Å². The van der Waals surface area contributed by atoms with Gasteiger partial charge in [-0.25, -0.2) is 8.78 Å². The fourth-order valence-electron chi connectivity index (χ4n) is 2.69. The predicted molar refractivity (Wildman–Crippen MR) is 72.2 cm³/mol. The number of likely N-dealkylation sites (tertiary alicyclic amines) is 1. The largest absolute Gasteiger partial charge is 0.481 e. The number of nitrogens with zero attached hydrogens (tertiary/aromatic N) is 1. The molecule has 1 heterocycles. The first kappa shape index (κ1) is 15.4. The first-order valence-corrected chi connectivity index (χ1v) is 6.78. The van der Waals surface area contributed by atoms with Crippen LogP contribution in [0.15, 0.2) is 24.3 Å². The topological polar surface area (TPSA) is 57.6 Å². The van der Waals surface area contributed by atoms with Gasteiger partial charge < -0.3 is 10.0 Å². The molecule has 1 amide bonds. The first-order valence-electron chi connectivity index (χ1n) is 6.78. The summed E-state index contributed by atoms with van der Waals surface area (Å²) in [6.45, 7) is 2.45. The summed E-state index contributed by atoms with van der Waals surface area (Å²) in [5.74, 6) is -1.85. The van der Waals surface area contributed by atoms with Crippen molar-refractivity contribution in [1.82, 2.24) is 4.90 Å². The standard InChI is InChI=1S/C15H17F2NO3/c1-9-5-12(15(20)21)8-18(7-9)14(19)11-4-2-3-10(6-11)13(16)17/h2-4,6,9,12-13H,5,7-8H2,1H3,(H,20,21). The molecule has 0 radical (unpaired) electrons. The number of aliphatic carboxylic acids is 1. The zero-order valence-corrected chi connectivity index (χ0v) is 11.6. The Morgan fingerprint density at radius 3 is 2.67 bits per heavy atom.